The molecule has 0 fully saturated rings. The van der Waals surface area contributed by atoms with Gasteiger partial charge in [-0.2, -0.15) is 5.10 Å². The van der Waals surface area contributed by atoms with Gasteiger partial charge in [-0.1, -0.05) is 25.1 Å². The number of para-hydroxylation sites is 1. The van der Waals surface area contributed by atoms with E-state index in [0.717, 1.165) is 34.3 Å². The number of rotatable bonds is 6. The van der Waals surface area contributed by atoms with Gasteiger partial charge in [-0.15, -0.1) is 0 Å². The van der Waals surface area contributed by atoms with Gasteiger partial charge in [0.05, 0.1) is 12.8 Å². The molecule has 0 unspecified atom stereocenters. The van der Waals surface area contributed by atoms with Crippen LogP contribution in [-0.4, -0.2) is 23.7 Å². The van der Waals surface area contributed by atoms with Gasteiger partial charge in [-0.3, -0.25) is 4.79 Å². The summed E-state index contributed by atoms with van der Waals surface area (Å²) in [6, 6.07) is 15.0. The molecule has 0 atom stereocenters. The highest BCUT2D eigenvalue weighted by atomic mass is 16.5. The molecule has 5 heteroatoms. The molecule has 0 aliphatic carbocycles. The van der Waals surface area contributed by atoms with E-state index in [9.17, 15) is 4.79 Å². The molecule has 1 amide bonds. The second kappa shape index (κ2) is 7.66. The first-order valence-corrected chi connectivity index (χ1v) is 8.32. The highest BCUT2D eigenvalue weighted by Gasteiger charge is 2.07. The van der Waals surface area contributed by atoms with Crippen molar-refractivity contribution in [3.63, 3.8) is 0 Å². The van der Waals surface area contributed by atoms with E-state index in [1.165, 1.54) is 0 Å². The number of hydrogen-bond donors (Lipinski definition) is 2. The Balaban J connectivity index is 1.67. The molecule has 0 bridgehead atoms. The highest BCUT2D eigenvalue weighted by molar-refractivity contribution is 6.01. The Hall–Kier alpha value is -3.08. The lowest BCUT2D eigenvalue weighted by molar-refractivity contribution is 0.0955. The summed E-state index contributed by atoms with van der Waals surface area (Å²) in [5.74, 6) is 0.507. The molecule has 0 saturated heterocycles. The maximum atomic E-state index is 12.2. The minimum atomic E-state index is -0.254. The van der Waals surface area contributed by atoms with Gasteiger partial charge in [0, 0.05) is 27.7 Å². The number of carbonyl (C=O) groups is 1. The fraction of sp³-hybridized carbons (Fsp3) is 0.200. The summed E-state index contributed by atoms with van der Waals surface area (Å²) in [6.07, 6.45) is 2.62. The highest BCUT2D eigenvalue weighted by Crippen LogP contribution is 2.19. The van der Waals surface area contributed by atoms with E-state index in [1.54, 1.807) is 30.5 Å². The fourth-order valence-corrected chi connectivity index (χ4v) is 2.61. The van der Waals surface area contributed by atoms with Crippen LogP contribution in [0.4, 0.5) is 0 Å². The van der Waals surface area contributed by atoms with Crippen LogP contribution < -0.4 is 10.2 Å². The Labute approximate surface area is 146 Å². The standard InChI is InChI=1S/C20H21N3O2/c1-3-12-25-16-10-8-15(9-11-16)20(24)23-21-13-18-14(2)22-19-7-5-4-6-17(18)19/h4-11,13,22H,3,12H2,1-2H3,(H,23,24)/b21-13+. The minimum Gasteiger partial charge on any atom is -0.494 e. The zero-order valence-electron chi connectivity index (χ0n) is 14.4. The van der Waals surface area contributed by atoms with Crippen LogP contribution in [-0.2, 0) is 0 Å². The predicted molar refractivity (Wildman–Crippen MR) is 100 cm³/mol. The second-order valence-electron chi connectivity index (χ2n) is 5.78. The van der Waals surface area contributed by atoms with Crippen LogP contribution in [0.5, 0.6) is 5.75 Å². The number of aryl methyl sites for hydroxylation is 1. The van der Waals surface area contributed by atoms with E-state index in [4.69, 9.17) is 4.74 Å². The van der Waals surface area contributed by atoms with Crippen molar-refractivity contribution in [1.29, 1.82) is 0 Å². The van der Waals surface area contributed by atoms with Gasteiger partial charge in [-0.05, 0) is 43.7 Å². The summed E-state index contributed by atoms with van der Waals surface area (Å²) < 4.78 is 5.51. The zero-order valence-corrected chi connectivity index (χ0v) is 14.4. The summed E-state index contributed by atoms with van der Waals surface area (Å²) in [5.41, 5.74) is 6.14. The van der Waals surface area contributed by atoms with Gasteiger partial charge in [-0.25, -0.2) is 5.43 Å². The lowest BCUT2D eigenvalue weighted by Gasteiger charge is -2.05. The Morgan fingerprint density at radius 3 is 2.72 bits per heavy atom. The summed E-state index contributed by atoms with van der Waals surface area (Å²) in [7, 11) is 0. The molecule has 5 nitrogen and oxygen atoms in total. The molecule has 2 aromatic carbocycles. The number of benzene rings is 2. The second-order valence-corrected chi connectivity index (χ2v) is 5.78. The maximum Gasteiger partial charge on any atom is 0.271 e. The van der Waals surface area contributed by atoms with Crippen molar-refractivity contribution in [2.45, 2.75) is 20.3 Å². The number of nitrogens with one attached hydrogen (secondary N) is 2. The molecule has 0 aliphatic rings. The van der Waals surface area contributed by atoms with Crippen molar-refractivity contribution in [3.8, 4) is 5.75 Å². The third-order valence-corrected chi connectivity index (χ3v) is 3.89. The lowest BCUT2D eigenvalue weighted by Crippen LogP contribution is -2.17. The molecule has 0 spiro atoms. The smallest absolute Gasteiger partial charge is 0.271 e. The normalized spacial score (nSPS) is 11.1. The SMILES string of the molecule is CCCOc1ccc(C(=O)N/N=C/c2c(C)[nH]c3ccccc23)cc1. The van der Waals surface area contributed by atoms with Crippen molar-refractivity contribution in [1.82, 2.24) is 10.4 Å². The first-order chi connectivity index (χ1) is 12.2. The van der Waals surface area contributed by atoms with E-state index in [2.05, 4.69) is 22.4 Å². The van der Waals surface area contributed by atoms with Crippen molar-refractivity contribution in [3.05, 3.63) is 65.4 Å². The molecular weight excluding hydrogens is 314 g/mol. The molecule has 0 radical (unpaired) electrons. The van der Waals surface area contributed by atoms with Crippen LogP contribution in [0.2, 0.25) is 0 Å². The van der Waals surface area contributed by atoms with E-state index in [1.807, 2.05) is 31.2 Å². The lowest BCUT2D eigenvalue weighted by atomic mass is 10.1. The molecule has 0 aliphatic heterocycles. The number of hydrazone groups is 1. The van der Waals surface area contributed by atoms with E-state index < -0.39 is 0 Å². The summed E-state index contributed by atoms with van der Waals surface area (Å²) in [4.78, 5) is 15.5. The third-order valence-electron chi connectivity index (χ3n) is 3.89. The van der Waals surface area contributed by atoms with E-state index in [0.29, 0.717) is 12.2 Å². The molecule has 128 valence electrons. The molecular formula is C20H21N3O2. The first kappa shape index (κ1) is 16.8. The molecule has 3 aromatic rings. The van der Waals surface area contributed by atoms with Crippen LogP contribution in [0.1, 0.15) is 35.0 Å². The average Bonchev–Trinajstić information content (AvgIpc) is 2.96. The van der Waals surface area contributed by atoms with Crippen LogP contribution in [0, 0.1) is 6.92 Å². The maximum absolute atomic E-state index is 12.2. The molecule has 25 heavy (non-hydrogen) atoms. The molecule has 0 saturated carbocycles. The van der Waals surface area contributed by atoms with E-state index >= 15 is 0 Å². The summed E-state index contributed by atoms with van der Waals surface area (Å²) in [6.45, 7) is 4.70. The molecule has 3 rings (SSSR count). The van der Waals surface area contributed by atoms with Crippen molar-refractivity contribution < 1.29 is 9.53 Å². The monoisotopic (exact) mass is 335 g/mol. The van der Waals surface area contributed by atoms with Crippen LogP contribution in [0.15, 0.2) is 53.6 Å². The quantitative estimate of drug-likeness (QED) is 0.527. The Morgan fingerprint density at radius 2 is 1.96 bits per heavy atom. The summed E-state index contributed by atoms with van der Waals surface area (Å²) in [5, 5.41) is 5.18. The van der Waals surface area contributed by atoms with Crippen LogP contribution >= 0.6 is 0 Å². The van der Waals surface area contributed by atoms with Gasteiger partial charge in [0.15, 0.2) is 0 Å². The van der Waals surface area contributed by atoms with Gasteiger partial charge in [0.1, 0.15) is 5.75 Å². The van der Waals surface area contributed by atoms with Gasteiger partial charge in [0.2, 0.25) is 0 Å². The van der Waals surface area contributed by atoms with Crippen molar-refractivity contribution >= 4 is 23.0 Å². The van der Waals surface area contributed by atoms with Crippen LogP contribution in [0.25, 0.3) is 10.9 Å². The third kappa shape index (κ3) is 3.88. The Kier molecular flexibility index (Phi) is 5.14. The van der Waals surface area contributed by atoms with Gasteiger partial charge in [0.25, 0.3) is 5.91 Å². The van der Waals surface area contributed by atoms with Crippen LogP contribution in [0.3, 0.4) is 0 Å². The largest absolute Gasteiger partial charge is 0.494 e. The average molecular weight is 335 g/mol. The van der Waals surface area contributed by atoms with Crippen molar-refractivity contribution in [2.75, 3.05) is 6.61 Å². The number of fused-ring (bicyclic) bond motifs is 1. The number of H-pyrrole nitrogens is 1. The number of aromatic amines is 1. The number of nitrogens with zero attached hydrogens (tertiary/aromatic N) is 1. The molecule has 1 heterocycles. The Bertz CT molecular complexity index is 895. The van der Waals surface area contributed by atoms with Gasteiger partial charge < -0.3 is 9.72 Å². The minimum absolute atomic E-state index is 0.254. The van der Waals surface area contributed by atoms with E-state index in [-0.39, 0.29) is 5.91 Å². The predicted octanol–water partition coefficient (Wildman–Crippen LogP) is 4.03. The van der Waals surface area contributed by atoms with Gasteiger partial charge >= 0.3 is 0 Å². The summed E-state index contributed by atoms with van der Waals surface area (Å²) >= 11 is 0. The number of carbonyl (C=O) groups excluding carboxylic acids is 1. The Morgan fingerprint density at radius 1 is 1.20 bits per heavy atom. The first-order valence-electron chi connectivity index (χ1n) is 8.32. The number of hydrogen-bond acceptors (Lipinski definition) is 3. The zero-order chi connectivity index (χ0) is 17.6. The van der Waals surface area contributed by atoms with Crippen molar-refractivity contribution in [2.24, 2.45) is 5.10 Å². The number of aromatic nitrogens is 1. The number of amides is 1. The fourth-order valence-electron chi connectivity index (χ4n) is 2.61. The molecule has 2 N–H and O–H groups in total. The topological polar surface area (TPSA) is 66.5 Å². The number of ether oxygens (including phenoxy) is 1. The molecule has 1 aromatic heterocycles.